The Labute approximate surface area is 107 Å². The lowest BCUT2D eigenvalue weighted by atomic mass is 9.94. The van der Waals surface area contributed by atoms with Crippen molar-refractivity contribution in [3.05, 3.63) is 24.0 Å². The molecule has 5 nitrogen and oxygen atoms in total. The van der Waals surface area contributed by atoms with Crippen LogP contribution in [-0.4, -0.2) is 33.3 Å². The third kappa shape index (κ3) is 4.33. The third-order valence-corrected chi connectivity index (χ3v) is 2.52. The van der Waals surface area contributed by atoms with E-state index >= 15 is 0 Å². The summed E-state index contributed by atoms with van der Waals surface area (Å²) in [7, 11) is 0. The second-order valence-corrected chi connectivity index (χ2v) is 5.17. The van der Waals surface area contributed by atoms with E-state index in [-0.39, 0.29) is 17.9 Å². The fraction of sp³-hybridized carbons (Fsp3) is 0.538. The summed E-state index contributed by atoms with van der Waals surface area (Å²) in [6.07, 6.45) is 3.23. The SMILES string of the molecule is CC(C)CC(C)(O)CNC(=O)c1ccncc1O. The minimum atomic E-state index is -0.952. The largest absolute Gasteiger partial charge is 0.505 e. The smallest absolute Gasteiger partial charge is 0.255 e. The number of amides is 1. The Morgan fingerprint density at radius 1 is 1.56 bits per heavy atom. The predicted octanol–water partition coefficient (Wildman–Crippen LogP) is 1.31. The third-order valence-electron chi connectivity index (χ3n) is 2.52. The van der Waals surface area contributed by atoms with E-state index in [9.17, 15) is 15.0 Å². The van der Waals surface area contributed by atoms with Gasteiger partial charge >= 0.3 is 0 Å². The molecule has 100 valence electrons. The number of hydrogen-bond donors (Lipinski definition) is 3. The first-order chi connectivity index (χ1) is 8.32. The Bertz CT molecular complexity index is 416. The molecule has 5 heteroatoms. The number of aromatic nitrogens is 1. The van der Waals surface area contributed by atoms with Crippen molar-refractivity contribution in [3.63, 3.8) is 0 Å². The van der Waals surface area contributed by atoms with Gasteiger partial charge in [-0.3, -0.25) is 9.78 Å². The molecule has 1 rings (SSSR count). The molecule has 3 N–H and O–H groups in total. The van der Waals surface area contributed by atoms with Gasteiger partial charge in [0, 0.05) is 12.7 Å². The second kappa shape index (κ2) is 5.82. The highest BCUT2D eigenvalue weighted by Gasteiger charge is 2.23. The number of hydrogen-bond acceptors (Lipinski definition) is 4. The summed E-state index contributed by atoms with van der Waals surface area (Å²) in [6.45, 7) is 5.83. The number of nitrogens with zero attached hydrogens (tertiary/aromatic N) is 1. The average Bonchev–Trinajstić information content (AvgIpc) is 2.25. The summed E-state index contributed by atoms with van der Waals surface area (Å²) in [5, 5.41) is 22.1. The molecule has 18 heavy (non-hydrogen) atoms. The van der Waals surface area contributed by atoms with Crippen LogP contribution in [0, 0.1) is 5.92 Å². The van der Waals surface area contributed by atoms with Gasteiger partial charge in [0.2, 0.25) is 0 Å². The number of aromatic hydroxyl groups is 1. The molecule has 0 saturated carbocycles. The first kappa shape index (κ1) is 14.4. The van der Waals surface area contributed by atoms with E-state index in [1.807, 2.05) is 13.8 Å². The standard InChI is InChI=1S/C13H20N2O3/c1-9(2)6-13(3,18)8-15-12(17)10-4-5-14-7-11(10)16/h4-5,7,9,16,18H,6,8H2,1-3H3,(H,15,17). The second-order valence-electron chi connectivity index (χ2n) is 5.17. The van der Waals surface area contributed by atoms with Gasteiger partial charge in [0.25, 0.3) is 5.91 Å². The van der Waals surface area contributed by atoms with Crippen molar-refractivity contribution in [2.24, 2.45) is 5.92 Å². The summed E-state index contributed by atoms with van der Waals surface area (Å²) < 4.78 is 0. The van der Waals surface area contributed by atoms with E-state index in [4.69, 9.17) is 0 Å². The number of nitrogens with one attached hydrogen (secondary N) is 1. The van der Waals surface area contributed by atoms with Gasteiger partial charge in [0.1, 0.15) is 5.75 Å². The van der Waals surface area contributed by atoms with Crippen LogP contribution in [0.15, 0.2) is 18.5 Å². The van der Waals surface area contributed by atoms with Crippen molar-refractivity contribution in [3.8, 4) is 5.75 Å². The number of aliphatic hydroxyl groups is 1. The summed E-state index contributed by atoms with van der Waals surface area (Å²) in [5.41, 5.74) is -0.794. The minimum absolute atomic E-state index is 0.145. The molecule has 0 saturated heterocycles. The zero-order valence-corrected chi connectivity index (χ0v) is 11.0. The molecule has 0 aliphatic heterocycles. The number of rotatable bonds is 5. The highest BCUT2D eigenvalue weighted by atomic mass is 16.3. The normalized spacial score (nSPS) is 14.3. The maximum absolute atomic E-state index is 11.8. The van der Waals surface area contributed by atoms with Crippen LogP contribution < -0.4 is 5.32 Å². The van der Waals surface area contributed by atoms with E-state index < -0.39 is 11.5 Å². The molecule has 0 aliphatic carbocycles. The first-order valence-electron chi connectivity index (χ1n) is 5.95. The van der Waals surface area contributed by atoms with Crippen molar-refractivity contribution >= 4 is 5.91 Å². The van der Waals surface area contributed by atoms with Crippen molar-refractivity contribution in [2.75, 3.05) is 6.54 Å². The number of carbonyl (C=O) groups is 1. The molecule has 1 aromatic heterocycles. The minimum Gasteiger partial charge on any atom is -0.505 e. The quantitative estimate of drug-likeness (QED) is 0.738. The van der Waals surface area contributed by atoms with Crippen molar-refractivity contribution in [1.82, 2.24) is 10.3 Å². The molecular formula is C13H20N2O3. The van der Waals surface area contributed by atoms with Crippen molar-refractivity contribution in [1.29, 1.82) is 0 Å². The van der Waals surface area contributed by atoms with Crippen LogP contribution in [0.1, 0.15) is 37.6 Å². The van der Waals surface area contributed by atoms with Gasteiger partial charge in [-0.2, -0.15) is 0 Å². The van der Waals surface area contributed by atoms with E-state index in [2.05, 4.69) is 10.3 Å². The molecule has 0 radical (unpaired) electrons. The van der Waals surface area contributed by atoms with Crippen LogP contribution >= 0.6 is 0 Å². The van der Waals surface area contributed by atoms with E-state index in [0.29, 0.717) is 12.3 Å². The Kier molecular flexibility index (Phi) is 4.67. The monoisotopic (exact) mass is 252 g/mol. The highest BCUT2D eigenvalue weighted by Crippen LogP contribution is 2.17. The Hall–Kier alpha value is -1.62. The molecular weight excluding hydrogens is 232 g/mol. The van der Waals surface area contributed by atoms with E-state index in [0.717, 1.165) is 0 Å². The fourth-order valence-electron chi connectivity index (χ4n) is 1.90. The van der Waals surface area contributed by atoms with Crippen LogP contribution in [0.5, 0.6) is 5.75 Å². The molecule has 1 atom stereocenters. The molecule has 1 heterocycles. The van der Waals surface area contributed by atoms with Gasteiger partial charge in [0.15, 0.2) is 0 Å². The highest BCUT2D eigenvalue weighted by molar-refractivity contribution is 5.96. The summed E-state index contributed by atoms with van der Waals surface area (Å²) in [4.78, 5) is 15.5. The van der Waals surface area contributed by atoms with Gasteiger partial charge in [-0.25, -0.2) is 0 Å². The summed E-state index contributed by atoms with van der Waals surface area (Å²) >= 11 is 0. The van der Waals surface area contributed by atoms with Crippen LogP contribution in [0.3, 0.4) is 0 Å². The summed E-state index contributed by atoms with van der Waals surface area (Å²) in [5.74, 6) is -0.247. The Morgan fingerprint density at radius 2 is 2.22 bits per heavy atom. The molecule has 1 unspecified atom stereocenters. The Balaban J connectivity index is 2.59. The molecule has 1 aromatic rings. The molecule has 0 spiro atoms. The van der Waals surface area contributed by atoms with Gasteiger partial charge in [-0.1, -0.05) is 13.8 Å². The lowest BCUT2D eigenvalue weighted by Crippen LogP contribution is -2.41. The molecule has 0 bridgehead atoms. The van der Waals surface area contributed by atoms with Gasteiger partial charge in [0.05, 0.1) is 17.4 Å². The van der Waals surface area contributed by atoms with Crippen LogP contribution in [-0.2, 0) is 0 Å². The molecule has 0 aliphatic rings. The van der Waals surface area contributed by atoms with Gasteiger partial charge in [-0.05, 0) is 25.3 Å². The molecule has 0 aromatic carbocycles. The van der Waals surface area contributed by atoms with Crippen LogP contribution in [0.25, 0.3) is 0 Å². The maximum Gasteiger partial charge on any atom is 0.255 e. The molecule has 0 fully saturated rings. The predicted molar refractivity (Wildman–Crippen MR) is 68.3 cm³/mol. The topological polar surface area (TPSA) is 82.5 Å². The average molecular weight is 252 g/mol. The van der Waals surface area contributed by atoms with Gasteiger partial charge < -0.3 is 15.5 Å². The molecule has 1 amide bonds. The fourth-order valence-corrected chi connectivity index (χ4v) is 1.90. The van der Waals surface area contributed by atoms with E-state index in [1.54, 1.807) is 6.92 Å². The first-order valence-corrected chi connectivity index (χ1v) is 5.95. The van der Waals surface area contributed by atoms with Gasteiger partial charge in [-0.15, -0.1) is 0 Å². The van der Waals surface area contributed by atoms with Crippen LogP contribution in [0.4, 0.5) is 0 Å². The summed E-state index contributed by atoms with van der Waals surface area (Å²) in [6, 6.07) is 1.43. The van der Waals surface area contributed by atoms with E-state index in [1.165, 1.54) is 18.5 Å². The number of pyridine rings is 1. The number of carbonyl (C=O) groups excluding carboxylic acids is 1. The maximum atomic E-state index is 11.8. The lowest BCUT2D eigenvalue weighted by molar-refractivity contribution is 0.0368. The zero-order chi connectivity index (χ0) is 13.8. The van der Waals surface area contributed by atoms with Crippen molar-refractivity contribution < 1.29 is 15.0 Å². The van der Waals surface area contributed by atoms with Crippen molar-refractivity contribution in [2.45, 2.75) is 32.8 Å². The van der Waals surface area contributed by atoms with Crippen LogP contribution in [0.2, 0.25) is 0 Å². The zero-order valence-electron chi connectivity index (χ0n) is 11.0. The Morgan fingerprint density at radius 3 is 2.78 bits per heavy atom. The lowest BCUT2D eigenvalue weighted by Gasteiger charge is -2.25.